The Labute approximate surface area is 214 Å². The van der Waals surface area contributed by atoms with E-state index in [1.165, 1.54) is 14.2 Å². The van der Waals surface area contributed by atoms with Gasteiger partial charge in [0.1, 0.15) is 36.6 Å². The third kappa shape index (κ3) is 7.77. The van der Waals surface area contributed by atoms with E-state index in [1.807, 2.05) is 0 Å². The van der Waals surface area contributed by atoms with Crippen LogP contribution in [0.25, 0.3) is 0 Å². The normalized spacial score (nSPS) is 38.0. The number of nitrogens with one attached hydrogen (secondary N) is 2. The second-order valence-corrected chi connectivity index (χ2v) is 9.06. The van der Waals surface area contributed by atoms with Gasteiger partial charge in [-0.05, 0) is 13.8 Å². The molecule has 12 unspecified atom stereocenters. The van der Waals surface area contributed by atoms with Crippen molar-refractivity contribution in [3.05, 3.63) is 0 Å². The summed E-state index contributed by atoms with van der Waals surface area (Å²) < 4.78 is 28.2. The molecule has 15 nitrogen and oxygen atoms in total. The standard InChI is InChI=1S/C22H40N2O13/c1-9-14(24-20(32)12(28)6-8-26)16(30)18(21(34-4)35-9)37-22-17(33-3)15(29)13(10(2)36-22)23-19(31)11(27)5-7-25/h9-18,21-22,25-30H,5-8H2,1-4H3,(H,23,31)(H,24,32). The van der Waals surface area contributed by atoms with Crippen molar-refractivity contribution < 1.29 is 63.9 Å². The van der Waals surface area contributed by atoms with E-state index in [-0.39, 0.29) is 12.8 Å². The summed E-state index contributed by atoms with van der Waals surface area (Å²) in [4.78, 5) is 24.5. The number of methoxy groups -OCH3 is 2. The van der Waals surface area contributed by atoms with Crippen LogP contribution in [0.2, 0.25) is 0 Å². The zero-order valence-electron chi connectivity index (χ0n) is 21.3. The van der Waals surface area contributed by atoms with Crippen LogP contribution in [0.4, 0.5) is 0 Å². The van der Waals surface area contributed by atoms with Gasteiger partial charge in [-0.3, -0.25) is 9.59 Å². The van der Waals surface area contributed by atoms with E-state index in [0.29, 0.717) is 0 Å². The Hall–Kier alpha value is -1.50. The largest absolute Gasteiger partial charge is 0.396 e. The van der Waals surface area contributed by atoms with Crippen LogP contribution in [0, 0.1) is 0 Å². The van der Waals surface area contributed by atoms with Crippen molar-refractivity contribution in [1.29, 1.82) is 0 Å². The highest BCUT2D eigenvalue weighted by Gasteiger charge is 2.51. The summed E-state index contributed by atoms with van der Waals surface area (Å²) in [6.45, 7) is 2.31. The van der Waals surface area contributed by atoms with E-state index in [2.05, 4.69) is 10.6 Å². The molecule has 2 fully saturated rings. The summed E-state index contributed by atoms with van der Waals surface area (Å²) in [6.07, 6.45) is -12.6. The molecule has 0 aromatic rings. The molecule has 0 radical (unpaired) electrons. The molecule has 216 valence electrons. The number of carbonyl (C=O) groups is 2. The highest BCUT2D eigenvalue weighted by atomic mass is 16.7. The van der Waals surface area contributed by atoms with Crippen LogP contribution in [0.3, 0.4) is 0 Å². The van der Waals surface area contributed by atoms with E-state index in [0.717, 1.165) is 0 Å². The van der Waals surface area contributed by atoms with Crippen LogP contribution in [0.5, 0.6) is 0 Å². The van der Waals surface area contributed by atoms with Crippen LogP contribution in [-0.2, 0) is 33.3 Å². The zero-order chi connectivity index (χ0) is 27.9. The van der Waals surface area contributed by atoms with Crippen molar-refractivity contribution >= 4 is 11.8 Å². The third-order valence-electron chi connectivity index (χ3n) is 6.48. The molecular weight excluding hydrogens is 500 g/mol. The topological polar surface area (TPSA) is 226 Å². The molecule has 0 aromatic heterocycles. The number of rotatable bonds is 12. The molecule has 0 spiro atoms. The van der Waals surface area contributed by atoms with Crippen LogP contribution in [0.1, 0.15) is 26.7 Å². The number of carbonyl (C=O) groups excluding carboxylic acids is 2. The summed E-state index contributed by atoms with van der Waals surface area (Å²) in [5.41, 5.74) is 0. The van der Waals surface area contributed by atoms with Crippen molar-refractivity contribution in [2.45, 2.75) is 100 Å². The number of hydrogen-bond donors (Lipinski definition) is 8. The molecule has 15 heteroatoms. The van der Waals surface area contributed by atoms with E-state index < -0.39 is 98.5 Å². The molecule has 0 saturated carbocycles. The highest BCUT2D eigenvalue weighted by Crippen LogP contribution is 2.30. The lowest BCUT2D eigenvalue weighted by Gasteiger charge is -2.48. The lowest BCUT2D eigenvalue weighted by molar-refractivity contribution is -0.345. The highest BCUT2D eigenvalue weighted by molar-refractivity contribution is 5.81. The van der Waals surface area contributed by atoms with E-state index in [9.17, 15) is 30.0 Å². The summed E-state index contributed by atoms with van der Waals surface area (Å²) in [7, 11) is 2.60. The fraction of sp³-hybridized carbons (Fsp3) is 0.909. The van der Waals surface area contributed by atoms with Crippen molar-refractivity contribution in [3.8, 4) is 0 Å². The first-order valence-corrected chi connectivity index (χ1v) is 12.1. The Kier molecular flexibility index (Phi) is 12.5. The van der Waals surface area contributed by atoms with Crippen molar-refractivity contribution in [2.24, 2.45) is 0 Å². The molecule has 2 amide bonds. The monoisotopic (exact) mass is 540 g/mol. The quantitative estimate of drug-likeness (QED) is 0.117. The minimum atomic E-state index is -1.50. The van der Waals surface area contributed by atoms with Gasteiger partial charge in [0.25, 0.3) is 0 Å². The number of aliphatic hydroxyl groups excluding tert-OH is 6. The lowest BCUT2D eigenvalue weighted by atomic mass is 9.94. The summed E-state index contributed by atoms with van der Waals surface area (Å²) in [6, 6.07) is -2.04. The first kappa shape index (κ1) is 31.7. The summed E-state index contributed by atoms with van der Waals surface area (Å²) in [5, 5.41) is 64.5. The van der Waals surface area contributed by atoms with Gasteiger partial charge in [-0.2, -0.15) is 0 Å². The van der Waals surface area contributed by atoms with Gasteiger partial charge in [0.05, 0.1) is 24.3 Å². The first-order chi connectivity index (χ1) is 17.5. The van der Waals surface area contributed by atoms with Crippen molar-refractivity contribution in [1.82, 2.24) is 10.6 Å². The molecule has 12 atom stereocenters. The zero-order valence-corrected chi connectivity index (χ0v) is 21.3. The van der Waals surface area contributed by atoms with Gasteiger partial charge < -0.3 is 65.0 Å². The van der Waals surface area contributed by atoms with Gasteiger partial charge in [0.2, 0.25) is 11.8 Å². The smallest absolute Gasteiger partial charge is 0.249 e. The lowest BCUT2D eigenvalue weighted by Crippen LogP contribution is -2.68. The molecule has 0 aromatic carbocycles. The predicted octanol–water partition coefficient (Wildman–Crippen LogP) is -4.30. The molecule has 0 bridgehead atoms. The Morgan fingerprint density at radius 1 is 0.784 bits per heavy atom. The average molecular weight is 541 g/mol. The van der Waals surface area contributed by atoms with Gasteiger partial charge in [-0.1, -0.05) is 0 Å². The second kappa shape index (κ2) is 14.6. The summed E-state index contributed by atoms with van der Waals surface area (Å²) in [5.74, 6) is -1.63. The molecule has 2 rings (SSSR count). The predicted molar refractivity (Wildman–Crippen MR) is 123 cm³/mol. The minimum absolute atomic E-state index is 0.186. The van der Waals surface area contributed by atoms with E-state index in [1.54, 1.807) is 13.8 Å². The van der Waals surface area contributed by atoms with Gasteiger partial charge in [-0.25, -0.2) is 0 Å². The van der Waals surface area contributed by atoms with E-state index >= 15 is 0 Å². The SMILES string of the molecule is COC1OC(C)C(NC(=O)C(O)CCO)C(O)C1OC1OC(C)C(NC(=O)C(O)CCO)C(O)C1OC. The minimum Gasteiger partial charge on any atom is -0.396 e. The number of amides is 2. The van der Waals surface area contributed by atoms with Gasteiger partial charge >= 0.3 is 0 Å². The molecule has 37 heavy (non-hydrogen) atoms. The fourth-order valence-corrected chi connectivity index (χ4v) is 4.32. The molecular formula is C22H40N2O13. The van der Waals surface area contributed by atoms with Gasteiger partial charge in [-0.15, -0.1) is 0 Å². The van der Waals surface area contributed by atoms with Crippen molar-refractivity contribution in [3.63, 3.8) is 0 Å². The molecule has 2 aliphatic rings. The van der Waals surface area contributed by atoms with Crippen molar-refractivity contribution in [2.75, 3.05) is 27.4 Å². The van der Waals surface area contributed by atoms with Gasteiger partial charge in [0, 0.05) is 40.3 Å². The Morgan fingerprint density at radius 3 is 1.62 bits per heavy atom. The van der Waals surface area contributed by atoms with Crippen LogP contribution in [-0.4, -0.2) is 143 Å². The van der Waals surface area contributed by atoms with Crippen LogP contribution >= 0.6 is 0 Å². The fourth-order valence-electron chi connectivity index (χ4n) is 4.32. The maximum Gasteiger partial charge on any atom is 0.249 e. The number of ether oxygens (including phenoxy) is 5. The molecule has 0 aliphatic carbocycles. The molecule has 8 N–H and O–H groups in total. The molecule has 2 saturated heterocycles. The Bertz CT molecular complexity index is 731. The number of hydrogen-bond acceptors (Lipinski definition) is 13. The second-order valence-electron chi connectivity index (χ2n) is 9.06. The Balaban J connectivity index is 2.16. The maximum atomic E-state index is 12.3. The molecule has 2 heterocycles. The molecule has 2 aliphatic heterocycles. The average Bonchev–Trinajstić information content (AvgIpc) is 2.85. The maximum absolute atomic E-state index is 12.3. The Morgan fingerprint density at radius 2 is 1.22 bits per heavy atom. The van der Waals surface area contributed by atoms with E-state index in [4.69, 9.17) is 33.9 Å². The van der Waals surface area contributed by atoms with Crippen LogP contribution in [0.15, 0.2) is 0 Å². The van der Waals surface area contributed by atoms with Gasteiger partial charge in [0.15, 0.2) is 12.6 Å². The summed E-state index contributed by atoms with van der Waals surface area (Å²) >= 11 is 0. The first-order valence-electron chi connectivity index (χ1n) is 12.1. The third-order valence-corrected chi connectivity index (χ3v) is 6.48. The van der Waals surface area contributed by atoms with Crippen LogP contribution < -0.4 is 10.6 Å². The number of aliphatic hydroxyl groups is 6.